The van der Waals surface area contributed by atoms with Gasteiger partial charge in [-0.3, -0.25) is 4.79 Å². The first kappa shape index (κ1) is 20.4. The number of sulfonamides is 1. The topological polar surface area (TPSA) is 92.8 Å². The number of rotatable bonds is 4. The van der Waals surface area contributed by atoms with Crippen molar-refractivity contribution < 1.29 is 22.7 Å². The van der Waals surface area contributed by atoms with E-state index in [0.29, 0.717) is 31.5 Å². The van der Waals surface area contributed by atoms with Crippen molar-refractivity contribution in [2.45, 2.75) is 44.1 Å². The molecule has 0 atom stereocenters. The Morgan fingerprint density at radius 1 is 1.12 bits per heavy atom. The van der Waals surface area contributed by atoms with Crippen LogP contribution in [0.2, 0.25) is 0 Å². The van der Waals surface area contributed by atoms with E-state index in [-0.39, 0.29) is 22.7 Å². The van der Waals surface area contributed by atoms with E-state index in [1.54, 1.807) is 4.90 Å². The van der Waals surface area contributed by atoms with Gasteiger partial charge in [0.2, 0.25) is 10.0 Å². The molecule has 0 saturated carbocycles. The Hall–Kier alpha value is -1.93. The molecule has 1 N–H and O–H groups in total. The number of carbonyl (C=O) groups excluding carboxylic acids is 2. The molecule has 1 fully saturated rings. The van der Waals surface area contributed by atoms with E-state index in [0.717, 1.165) is 0 Å². The lowest BCUT2D eigenvalue weighted by molar-refractivity contribution is 0.0182. The number of amides is 1. The molecule has 2 rings (SSSR count). The van der Waals surface area contributed by atoms with Crippen molar-refractivity contribution in [2.24, 2.45) is 5.92 Å². The molecule has 144 valence electrons. The number of ketones is 1. The Balaban J connectivity index is 1.97. The summed E-state index contributed by atoms with van der Waals surface area (Å²) < 4.78 is 31.1. The van der Waals surface area contributed by atoms with Gasteiger partial charge in [0.05, 0.1) is 4.90 Å². The lowest BCUT2D eigenvalue weighted by atomic mass is 9.89. The second-order valence-electron chi connectivity index (χ2n) is 7.34. The molecule has 0 bridgehead atoms. The van der Waals surface area contributed by atoms with Crippen molar-refractivity contribution in [2.75, 3.05) is 20.1 Å². The number of hydrogen-bond acceptors (Lipinski definition) is 5. The highest BCUT2D eigenvalue weighted by Crippen LogP contribution is 2.24. The average Bonchev–Trinajstić information content (AvgIpc) is 2.60. The highest BCUT2D eigenvalue weighted by Gasteiger charge is 2.30. The Bertz CT molecular complexity index is 758. The van der Waals surface area contributed by atoms with Crippen LogP contribution in [0.1, 0.15) is 44.0 Å². The van der Waals surface area contributed by atoms with Gasteiger partial charge in [0.25, 0.3) is 0 Å². The molecule has 1 aliphatic heterocycles. The highest BCUT2D eigenvalue weighted by atomic mass is 32.2. The number of piperidine rings is 1. The number of carbonyl (C=O) groups is 2. The highest BCUT2D eigenvalue weighted by molar-refractivity contribution is 7.89. The van der Waals surface area contributed by atoms with E-state index >= 15 is 0 Å². The van der Waals surface area contributed by atoms with Crippen LogP contribution in [0.5, 0.6) is 0 Å². The molecule has 8 heteroatoms. The maximum absolute atomic E-state index is 12.6. The molecule has 26 heavy (non-hydrogen) atoms. The average molecular weight is 382 g/mol. The number of nitrogens with one attached hydrogen (secondary N) is 1. The molecule has 1 aliphatic rings. The first-order valence-corrected chi connectivity index (χ1v) is 10.1. The van der Waals surface area contributed by atoms with Crippen LogP contribution in [-0.4, -0.2) is 50.9 Å². The first-order valence-electron chi connectivity index (χ1n) is 8.59. The van der Waals surface area contributed by atoms with Crippen LogP contribution in [0.15, 0.2) is 29.2 Å². The zero-order valence-corrected chi connectivity index (χ0v) is 16.4. The summed E-state index contributed by atoms with van der Waals surface area (Å²) in [5.74, 6) is -0.206. The van der Waals surface area contributed by atoms with Crippen molar-refractivity contribution in [3.05, 3.63) is 29.8 Å². The fraction of sp³-hybridized carbons (Fsp3) is 0.556. The second-order valence-corrected chi connectivity index (χ2v) is 9.22. The van der Waals surface area contributed by atoms with Crippen LogP contribution >= 0.6 is 0 Å². The molecule has 1 aromatic rings. The molecule has 0 radical (unpaired) electrons. The van der Waals surface area contributed by atoms with Crippen molar-refractivity contribution in [3.63, 3.8) is 0 Å². The van der Waals surface area contributed by atoms with Crippen LogP contribution in [-0.2, 0) is 14.8 Å². The summed E-state index contributed by atoms with van der Waals surface area (Å²) in [4.78, 5) is 26.5. The molecule has 7 nitrogen and oxygen atoms in total. The summed E-state index contributed by atoms with van der Waals surface area (Å²) >= 11 is 0. The Morgan fingerprint density at radius 2 is 1.65 bits per heavy atom. The minimum Gasteiger partial charge on any atom is -0.444 e. The van der Waals surface area contributed by atoms with Gasteiger partial charge in [-0.2, -0.15) is 0 Å². The summed E-state index contributed by atoms with van der Waals surface area (Å²) in [6.45, 7) is 6.40. The van der Waals surface area contributed by atoms with Gasteiger partial charge in [0.1, 0.15) is 5.60 Å². The number of hydrogen-bond donors (Lipinski definition) is 1. The molecule has 0 spiro atoms. The third kappa shape index (κ3) is 5.04. The number of benzene rings is 1. The monoisotopic (exact) mass is 382 g/mol. The van der Waals surface area contributed by atoms with Crippen LogP contribution < -0.4 is 4.72 Å². The van der Waals surface area contributed by atoms with Crippen molar-refractivity contribution in [3.8, 4) is 0 Å². The molecule has 0 aromatic heterocycles. The largest absolute Gasteiger partial charge is 0.444 e. The van der Waals surface area contributed by atoms with Crippen LogP contribution in [0, 0.1) is 5.92 Å². The zero-order valence-electron chi connectivity index (χ0n) is 15.6. The standard InChI is InChI=1S/C18H26N2O5S/c1-18(2,3)25-17(22)20-11-9-14(10-12-20)16(21)13-5-7-15(8-6-13)26(23,24)19-4/h5-8,14,19H,9-12H2,1-4H3. The van der Waals surface area contributed by atoms with Crippen molar-refractivity contribution >= 4 is 21.9 Å². The quantitative estimate of drug-likeness (QED) is 0.808. The van der Waals surface area contributed by atoms with Gasteiger partial charge in [0, 0.05) is 24.6 Å². The van der Waals surface area contributed by atoms with E-state index in [2.05, 4.69) is 4.72 Å². The van der Waals surface area contributed by atoms with E-state index in [1.807, 2.05) is 20.8 Å². The Kier molecular flexibility index (Phi) is 6.08. The normalized spacial score (nSPS) is 16.4. The van der Waals surface area contributed by atoms with Crippen LogP contribution in [0.3, 0.4) is 0 Å². The number of ether oxygens (including phenoxy) is 1. The van der Waals surface area contributed by atoms with Gasteiger partial charge in [-0.15, -0.1) is 0 Å². The third-order valence-corrected chi connectivity index (χ3v) is 5.67. The fourth-order valence-electron chi connectivity index (χ4n) is 2.80. The molecule has 1 heterocycles. The second kappa shape index (κ2) is 7.75. The third-order valence-electron chi connectivity index (χ3n) is 4.24. The molecule has 1 amide bonds. The molecule has 1 saturated heterocycles. The lowest BCUT2D eigenvalue weighted by Gasteiger charge is -2.33. The summed E-state index contributed by atoms with van der Waals surface area (Å²) in [7, 11) is -2.18. The minimum atomic E-state index is -3.52. The molecular formula is C18H26N2O5S. The summed E-state index contributed by atoms with van der Waals surface area (Å²) in [5, 5.41) is 0. The fourth-order valence-corrected chi connectivity index (χ4v) is 3.53. The molecule has 1 aromatic carbocycles. The predicted octanol–water partition coefficient (Wildman–Crippen LogP) is 2.42. The van der Waals surface area contributed by atoms with E-state index in [9.17, 15) is 18.0 Å². The summed E-state index contributed by atoms with van der Waals surface area (Å²) in [6.07, 6.45) is 0.772. The first-order chi connectivity index (χ1) is 12.0. The Labute approximate surface area is 154 Å². The smallest absolute Gasteiger partial charge is 0.410 e. The van der Waals surface area contributed by atoms with E-state index < -0.39 is 15.6 Å². The molecule has 0 unspecified atom stereocenters. The maximum atomic E-state index is 12.6. The van der Waals surface area contributed by atoms with Crippen molar-refractivity contribution in [1.29, 1.82) is 0 Å². The van der Waals surface area contributed by atoms with Gasteiger partial charge >= 0.3 is 6.09 Å². The summed E-state index contributed by atoms with van der Waals surface area (Å²) in [5.41, 5.74) is -0.0603. The van der Waals surface area contributed by atoms with Crippen molar-refractivity contribution in [1.82, 2.24) is 9.62 Å². The number of likely N-dealkylation sites (tertiary alicyclic amines) is 1. The van der Waals surface area contributed by atoms with Gasteiger partial charge in [0.15, 0.2) is 5.78 Å². The van der Waals surface area contributed by atoms with Gasteiger partial charge < -0.3 is 9.64 Å². The minimum absolute atomic E-state index is 0.0257. The maximum Gasteiger partial charge on any atom is 0.410 e. The predicted molar refractivity (Wildman–Crippen MR) is 97.5 cm³/mol. The summed E-state index contributed by atoms with van der Waals surface area (Å²) in [6, 6.07) is 5.92. The van der Waals surface area contributed by atoms with Crippen LogP contribution in [0.25, 0.3) is 0 Å². The number of nitrogens with zero attached hydrogens (tertiary/aromatic N) is 1. The molecular weight excluding hydrogens is 356 g/mol. The number of Topliss-reactive ketones (excluding diaryl/α,β-unsaturated/α-hetero) is 1. The van der Waals surface area contributed by atoms with Gasteiger partial charge in [-0.05, 0) is 52.8 Å². The Morgan fingerprint density at radius 3 is 2.12 bits per heavy atom. The lowest BCUT2D eigenvalue weighted by Crippen LogP contribution is -2.43. The van der Waals surface area contributed by atoms with E-state index in [4.69, 9.17) is 4.74 Å². The van der Waals surface area contributed by atoms with Crippen LogP contribution in [0.4, 0.5) is 4.79 Å². The van der Waals surface area contributed by atoms with Gasteiger partial charge in [-0.25, -0.2) is 17.9 Å². The zero-order chi connectivity index (χ0) is 19.5. The SMILES string of the molecule is CNS(=O)(=O)c1ccc(C(=O)C2CCN(C(=O)OC(C)(C)C)CC2)cc1. The van der Waals surface area contributed by atoms with Gasteiger partial charge in [-0.1, -0.05) is 12.1 Å². The molecule has 0 aliphatic carbocycles. The van der Waals surface area contributed by atoms with E-state index in [1.165, 1.54) is 31.3 Å².